The second kappa shape index (κ2) is 13.0. The maximum atomic E-state index is 13.0. The highest BCUT2D eigenvalue weighted by molar-refractivity contribution is 9.10. The van der Waals surface area contributed by atoms with E-state index in [-0.39, 0.29) is 29.3 Å². The molecule has 0 saturated carbocycles. The second-order valence-electron chi connectivity index (χ2n) is 10.9. The molecule has 1 heterocycles. The Morgan fingerprint density at radius 2 is 1.52 bits per heavy atom. The fourth-order valence-corrected chi connectivity index (χ4v) is 10.1. The standard InChI is InChI=1S/C32H37BrN2O4Si/c1-5-38-31(37)29(35-30(36)23-16-18-24(33)19-17-23)28-21-20-25(34-28)22-39-40(32(2,3)4,26-12-8-6-9-13-26)27-14-10-7-11-15-27/h6-19,25,34H,5,20-22H2,1-4H3,(H,35,36)/b29-28+/t25-/m1/s1. The van der Waals surface area contributed by atoms with Gasteiger partial charge in [-0.15, -0.1) is 0 Å². The zero-order chi connectivity index (χ0) is 28.8. The van der Waals surface area contributed by atoms with Crippen LogP contribution in [-0.4, -0.2) is 39.4 Å². The first-order valence-electron chi connectivity index (χ1n) is 13.6. The van der Waals surface area contributed by atoms with Crippen molar-refractivity contribution in [2.45, 2.75) is 51.6 Å². The highest BCUT2D eigenvalue weighted by atomic mass is 79.9. The van der Waals surface area contributed by atoms with Crippen LogP contribution >= 0.6 is 15.9 Å². The van der Waals surface area contributed by atoms with Crippen LogP contribution in [0.1, 0.15) is 50.9 Å². The lowest BCUT2D eigenvalue weighted by atomic mass is 10.2. The maximum Gasteiger partial charge on any atom is 0.356 e. The molecular weight excluding hydrogens is 584 g/mol. The molecular formula is C32H37BrN2O4Si. The minimum atomic E-state index is -2.70. The minimum absolute atomic E-state index is 0.0225. The molecule has 40 heavy (non-hydrogen) atoms. The van der Waals surface area contributed by atoms with Crippen LogP contribution in [0.4, 0.5) is 0 Å². The quantitative estimate of drug-likeness (QED) is 0.193. The summed E-state index contributed by atoms with van der Waals surface area (Å²) in [6, 6.07) is 28.0. The molecule has 0 radical (unpaired) electrons. The van der Waals surface area contributed by atoms with Gasteiger partial charge in [0.2, 0.25) is 0 Å². The van der Waals surface area contributed by atoms with E-state index in [1.807, 2.05) is 12.1 Å². The number of benzene rings is 3. The summed E-state index contributed by atoms with van der Waals surface area (Å²) >= 11 is 3.39. The molecule has 0 aliphatic carbocycles. The molecule has 1 fully saturated rings. The zero-order valence-corrected chi connectivity index (χ0v) is 26.1. The van der Waals surface area contributed by atoms with E-state index in [2.05, 4.69) is 95.9 Å². The molecule has 3 aromatic carbocycles. The minimum Gasteiger partial charge on any atom is -0.461 e. The summed E-state index contributed by atoms with van der Waals surface area (Å²) < 4.78 is 13.3. The summed E-state index contributed by atoms with van der Waals surface area (Å²) in [6.45, 7) is 9.19. The summed E-state index contributed by atoms with van der Waals surface area (Å²) in [7, 11) is -2.70. The van der Waals surface area contributed by atoms with E-state index in [1.165, 1.54) is 10.4 Å². The molecule has 0 bridgehead atoms. The van der Waals surface area contributed by atoms with E-state index in [0.717, 1.165) is 10.9 Å². The second-order valence-corrected chi connectivity index (χ2v) is 16.1. The van der Waals surface area contributed by atoms with E-state index >= 15 is 0 Å². The summed E-state index contributed by atoms with van der Waals surface area (Å²) in [5, 5.41) is 8.58. The smallest absolute Gasteiger partial charge is 0.356 e. The van der Waals surface area contributed by atoms with Crippen LogP contribution in [-0.2, 0) is 14.0 Å². The van der Waals surface area contributed by atoms with E-state index in [9.17, 15) is 9.59 Å². The molecule has 210 valence electrons. The van der Waals surface area contributed by atoms with Gasteiger partial charge in [0.15, 0.2) is 0 Å². The van der Waals surface area contributed by atoms with Crippen LogP contribution in [0.3, 0.4) is 0 Å². The lowest BCUT2D eigenvalue weighted by Gasteiger charge is -2.43. The third kappa shape index (κ3) is 6.57. The van der Waals surface area contributed by atoms with Crippen molar-refractivity contribution in [1.29, 1.82) is 0 Å². The third-order valence-corrected chi connectivity index (χ3v) is 12.7. The number of ether oxygens (including phenoxy) is 1. The number of hydrogen-bond donors (Lipinski definition) is 2. The van der Waals surface area contributed by atoms with Gasteiger partial charge in [-0.3, -0.25) is 4.79 Å². The van der Waals surface area contributed by atoms with Crippen LogP contribution in [0.15, 0.2) is 101 Å². The van der Waals surface area contributed by atoms with Gasteiger partial charge in [-0.05, 0) is 59.4 Å². The fourth-order valence-electron chi connectivity index (χ4n) is 5.26. The predicted octanol–water partition coefficient (Wildman–Crippen LogP) is 5.28. The Labute approximate surface area is 246 Å². The van der Waals surface area contributed by atoms with E-state index in [1.54, 1.807) is 31.2 Å². The molecule has 3 aromatic rings. The highest BCUT2D eigenvalue weighted by Crippen LogP contribution is 2.37. The van der Waals surface area contributed by atoms with Crippen molar-refractivity contribution in [2.75, 3.05) is 13.2 Å². The Kier molecular flexibility index (Phi) is 9.66. The van der Waals surface area contributed by atoms with E-state index in [4.69, 9.17) is 9.16 Å². The van der Waals surface area contributed by atoms with Crippen molar-refractivity contribution < 1.29 is 18.8 Å². The average Bonchev–Trinajstić information content (AvgIpc) is 3.41. The molecule has 0 spiro atoms. The third-order valence-electron chi connectivity index (χ3n) is 7.17. The molecule has 8 heteroatoms. The van der Waals surface area contributed by atoms with Gasteiger partial charge in [0, 0.05) is 21.8 Å². The number of hydrogen-bond acceptors (Lipinski definition) is 5. The van der Waals surface area contributed by atoms with Gasteiger partial charge in [0.05, 0.1) is 13.2 Å². The molecule has 1 saturated heterocycles. The van der Waals surface area contributed by atoms with Gasteiger partial charge >= 0.3 is 5.97 Å². The van der Waals surface area contributed by atoms with Crippen molar-refractivity contribution in [3.8, 4) is 0 Å². The summed E-state index contributed by atoms with van der Waals surface area (Å²) in [5.74, 6) is -0.916. The van der Waals surface area contributed by atoms with Gasteiger partial charge in [-0.25, -0.2) is 4.79 Å². The molecule has 1 aliphatic heterocycles. The first kappa shape index (κ1) is 29.8. The Bertz CT molecular complexity index is 1300. The molecule has 0 unspecified atom stereocenters. The highest BCUT2D eigenvalue weighted by Gasteiger charge is 2.50. The van der Waals surface area contributed by atoms with Gasteiger partial charge in [-0.1, -0.05) is 97.4 Å². The molecule has 2 N–H and O–H groups in total. The normalized spacial score (nSPS) is 16.7. The molecule has 1 aliphatic rings. The van der Waals surface area contributed by atoms with E-state index < -0.39 is 14.3 Å². The first-order chi connectivity index (χ1) is 19.2. The topological polar surface area (TPSA) is 76.7 Å². The number of rotatable bonds is 9. The number of esters is 1. The van der Waals surface area contributed by atoms with Gasteiger partial charge in [0.25, 0.3) is 14.2 Å². The number of allylic oxidation sites excluding steroid dienone is 1. The van der Waals surface area contributed by atoms with Crippen LogP contribution in [0, 0.1) is 0 Å². The number of amides is 1. The molecule has 1 amide bonds. The summed E-state index contributed by atoms with van der Waals surface area (Å²) in [5.41, 5.74) is 1.28. The van der Waals surface area contributed by atoms with Crippen molar-refractivity contribution in [3.05, 3.63) is 106 Å². The number of carbonyl (C=O) groups is 2. The zero-order valence-electron chi connectivity index (χ0n) is 23.5. The van der Waals surface area contributed by atoms with Crippen molar-refractivity contribution >= 4 is 46.5 Å². The number of carbonyl (C=O) groups excluding carboxylic acids is 2. The Morgan fingerprint density at radius 1 is 0.950 bits per heavy atom. The number of halogens is 1. The SMILES string of the molecule is CCOC(=O)/C(NC(=O)c1ccc(Br)cc1)=C1/CC[C@H](CO[Si](c2ccccc2)(c2ccccc2)C(C)(C)C)N1. The average molecular weight is 622 g/mol. The first-order valence-corrected chi connectivity index (χ1v) is 16.3. The van der Waals surface area contributed by atoms with Gasteiger partial charge in [-0.2, -0.15) is 0 Å². The summed E-state index contributed by atoms with van der Waals surface area (Å²) in [6.07, 6.45) is 1.37. The van der Waals surface area contributed by atoms with Crippen LogP contribution < -0.4 is 21.0 Å². The maximum absolute atomic E-state index is 13.0. The van der Waals surface area contributed by atoms with Gasteiger partial charge in [0.1, 0.15) is 5.70 Å². The molecule has 0 aromatic heterocycles. The van der Waals surface area contributed by atoms with Crippen LogP contribution in [0.2, 0.25) is 5.04 Å². The van der Waals surface area contributed by atoms with Crippen LogP contribution in [0.5, 0.6) is 0 Å². The Hall–Kier alpha value is -3.20. The largest absolute Gasteiger partial charge is 0.461 e. The lowest BCUT2D eigenvalue weighted by molar-refractivity contribution is -0.139. The molecule has 4 rings (SSSR count). The monoisotopic (exact) mass is 620 g/mol. The Balaban J connectivity index is 1.60. The van der Waals surface area contributed by atoms with Crippen LogP contribution in [0.25, 0.3) is 0 Å². The number of nitrogens with one attached hydrogen (secondary N) is 2. The molecule has 1 atom stereocenters. The Morgan fingerprint density at radius 3 is 2.05 bits per heavy atom. The molecule has 6 nitrogen and oxygen atoms in total. The lowest BCUT2D eigenvalue weighted by Crippen LogP contribution is -2.67. The summed E-state index contributed by atoms with van der Waals surface area (Å²) in [4.78, 5) is 25.9. The van der Waals surface area contributed by atoms with Crippen molar-refractivity contribution in [3.63, 3.8) is 0 Å². The van der Waals surface area contributed by atoms with Crippen molar-refractivity contribution in [2.24, 2.45) is 0 Å². The fraction of sp³-hybridized carbons (Fsp3) is 0.312. The van der Waals surface area contributed by atoms with Gasteiger partial charge < -0.3 is 19.8 Å². The van der Waals surface area contributed by atoms with Crippen molar-refractivity contribution in [1.82, 2.24) is 10.6 Å². The van der Waals surface area contributed by atoms with E-state index in [0.29, 0.717) is 24.3 Å². The predicted molar refractivity (Wildman–Crippen MR) is 165 cm³/mol.